The van der Waals surface area contributed by atoms with Crippen LogP contribution in [-0.4, -0.2) is 41.0 Å². The summed E-state index contributed by atoms with van der Waals surface area (Å²) in [6, 6.07) is 15.3. The number of piperidine rings is 1. The van der Waals surface area contributed by atoms with Crippen molar-refractivity contribution in [2.24, 2.45) is 13.0 Å². The van der Waals surface area contributed by atoms with E-state index in [1.165, 1.54) is 12.1 Å². The molecule has 0 spiro atoms. The Hall–Kier alpha value is -3.35. The van der Waals surface area contributed by atoms with Crippen molar-refractivity contribution in [1.29, 1.82) is 0 Å². The van der Waals surface area contributed by atoms with Crippen LogP contribution in [0.5, 0.6) is 0 Å². The van der Waals surface area contributed by atoms with Crippen LogP contribution in [0.15, 0.2) is 54.6 Å². The highest BCUT2D eigenvalue weighted by Crippen LogP contribution is 2.23. The van der Waals surface area contributed by atoms with Crippen LogP contribution in [0, 0.1) is 11.7 Å². The predicted octanol–water partition coefficient (Wildman–Crippen LogP) is 3.99. The maximum Gasteiger partial charge on any atom is 0.319 e. The molecule has 1 aromatic heterocycles. The predicted molar refractivity (Wildman–Crippen MR) is 115 cm³/mol. The van der Waals surface area contributed by atoms with E-state index in [-0.39, 0.29) is 17.9 Å². The van der Waals surface area contributed by atoms with Gasteiger partial charge in [0.2, 0.25) is 0 Å². The fourth-order valence-corrected chi connectivity index (χ4v) is 4.05. The quantitative estimate of drug-likeness (QED) is 0.686. The molecule has 0 aliphatic carbocycles. The highest BCUT2D eigenvalue weighted by Gasteiger charge is 2.26. The van der Waals surface area contributed by atoms with Crippen LogP contribution < -0.4 is 10.6 Å². The Morgan fingerprint density at radius 2 is 1.97 bits per heavy atom. The first kappa shape index (κ1) is 19.9. The molecule has 1 aliphatic heterocycles. The molecule has 3 aromatic rings. The first-order valence-corrected chi connectivity index (χ1v) is 10.2. The average Bonchev–Trinajstić information content (AvgIpc) is 3.09. The van der Waals surface area contributed by atoms with Crippen molar-refractivity contribution in [3.05, 3.63) is 66.1 Å². The number of urea groups is 1. The molecular weight excluding hydrogens is 383 g/mol. The number of anilines is 1. The molecule has 1 fully saturated rings. The first-order chi connectivity index (χ1) is 14.5. The van der Waals surface area contributed by atoms with Crippen molar-refractivity contribution < 1.29 is 14.0 Å². The second-order valence-electron chi connectivity index (χ2n) is 7.75. The summed E-state index contributed by atoms with van der Waals surface area (Å²) in [5, 5.41) is 6.52. The molecule has 4 rings (SSSR count). The van der Waals surface area contributed by atoms with Crippen molar-refractivity contribution in [2.75, 3.05) is 25.0 Å². The van der Waals surface area contributed by atoms with Gasteiger partial charge in [0, 0.05) is 43.3 Å². The van der Waals surface area contributed by atoms with Gasteiger partial charge in [-0.05, 0) is 49.1 Å². The molecule has 1 atom stereocenters. The standard InChI is InChI=1S/C23H25FN4O2/c1-27-20-10-3-2-7-17(20)12-21(27)22(29)28-11-5-6-16(15-28)14-25-23(30)26-19-9-4-8-18(24)13-19/h2-4,7-10,12-13,16H,5-6,11,14-15H2,1H3,(H2,25,26,30). The number of hydrogen-bond donors (Lipinski definition) is 2. The van der Waals surface area contributed by atoms with Gasteiger partial charge in [0.25, 0.3) is 5.91 Å². The third-order valence-electron chi connectivity index (χ3n) is 5.61. The van der Waals surface area contributed by atoms with Gasteiger partial charge >= 0.3 is 6.03 Å². The zero-order valence-corrected chi connectivity index (χ0v) is 16.9. The van der Waals surface area contributed by atoms with Crippen LogP contribution in [0.2, 0.25) is 0 Å². The molecule has 30 heavy (non-hydrogen) atoms. The molecule has 1 unspecified atom stereocenters. The zero-order chi connectivity index (χ0) is 21.1. The number of aryl methyl sites for hydroxylation is 1. The van der Waals surface area contributed by atoms with Crippen molar-refractivity contribution >= 4 is 28.5 Å². The lowest BCUT2D eigenvalue weighted by Gasteiger charge is -2.33. The molecular formula is C23H25FN4O2. The molecule has 6 nitrogen and oxygen atoms in total. The molecule has 0 bridgehead atoms. The summed E-state index contributed by atoms with van der Waals surface area (Å²) in [4.78, 5) is 27.1. The van der Waals surface area contributed by atoms with E-state index in [2.05, 4.69) is 10.6 Å². The first-order valence-electron chi connectivity index (χ1n) is 10.2. The monoisotopic (exact) mass is 408 g/mol. The molecule has 0 radical (unpaired) electrons. The number of aromatic nitrogens is 1. The topological polar surface area (TPSA) is 66.4 Å². The number of benzene rings is 2. The van der Waals surface area contributed by atoms with E-state index in [1.54, 1.807) is 12.1 Å². The fourth-order valence-electron chi connectivity index (χ4n) is 4.05. The lowest BCUT2D eigenvalue weighted by atomic mass is 9.97. The summed E-state index contributed by atoms with van der Waals surface area (Å²) >= 11 is 0. The molecule has 1 aliphatic rings. The zero-order valence-electron chi connectivity index (χ0n) is 16.9. The van der Waals surface area contributed by atoms with Gasteiger partial charge in [-0.3, -0.25) is 4.79 Å². The lowest BCUT2D eigenvalue weighted by Crippen LogP contribution is -2.44. The molecule has 2 heterocycles. The number of hydrogen-bond acceptors (Lipinski definition) is 2. The van der Waals surface area contributed by atoms with Crippen molar-refractivity contribution in [2.45, 2.75) is 12.8 Å². The van der Waals surface area contributed by atoms with Gasteiger partial charge in [0.15, 0.2) is 0 Å². The van der Waals surface area contributed by atoms with Crippen LogP contribution in [-0.2, 0) is 7.05 Å². The molecule has 2 aromatic carbocycles. The number of halogens is 1. The van der Waals surface area contributed by atoms with Crippen LogP contribution in [0.1, 0.15) is 23.3 Å². The third kappa shape index (κ3) is 4.30. The summed E-state index contributed by atoms with van der Waals surface area (Å²) in [5.41, 5.74) is 2.11. The minimum absolute atomic E-state index is 0.0163. The molecule has 3 amide bonds. The van der Waals surface area contributed by atoms with Crippen LogP contribution in [0.4, 0.5) is 14.9 Å². The Balaban J connectivity index is 1.35. The van der Waals surface area contributed by atoms with Crippen molar-refractivity contribution in [1.82, 2.24) is 14.8 Å². The number of fused-ring (bicyclic) bond motifs is 1. The smallest absolute Gasteiger partial charge is 0.319 e. The Morgan fingerprint density at radius 1 is 1.13 bits per heavy atom. The SMILES string of the molecule is Cn1c(C(=O)N2CCCC(CNC(=O)Nc3cccc(F)c3)C2)cc2ccccc21. The highest BCUT2D eigenvalue weighted by atomic mass is 19.1. The number of likely N-dealkylation sites (tertiary alicyclic amines) is 1. The van der Waals surface area contributed by atoms with Gasteiger partial charge in [-0.2, -0.15) is 0 Å². The van der Waals surface area contributed by atoms with E-state index in [0.717, 1.165) is 23.7 Å². The van der Waals surface area contributed by atoms with E-state index < -0.39 is 5.82 Å². The van der Waals surface area contributed by atoms with E-state index >= 15 is 0 Å². The van der Waals surface area contributed by atoms with Gasteiger partial charge in [0.05, 0.1) is 0 Å². The van der Waals surface area contributed by atoms with Crippen LogP contribution in [0.25, 0.3) is 10.9 Å². The summed E-state index contributed by atoms with van der Waals surface area (Å²) < 4.78 is 15.2. The molecule has 7 heteroatoms. The van der Waals surface area contributed by atoms with Gasteiger partial charge in [-0.1, -0.05) is 24.3 Å². The Labute approximate surface area is 174 Å². The minimum Gasteiger partial charge on any atom is -0.340 e. The number of nitrogens with zero attached hydrogens (tertiary/aromatic N) is 2. The average molecular weight is 408 g/mol. The van der Waals surface area contributed by atoms with Crippen LogP contribution >= 0.6 is 0 Å². The summed E-state index contributed by atoms with van der Waals surface area (Å²) in [5.74, 6) is -0.208. The molecule has 2 N–H and O–H groups in total. The number of nitrogens with one attached hydrogen (secondary N) is 2. The second kappa shape index (κ2) is 8.57. The number of rotatable bonds is 4. The maximum absolute atomic E-state index is 13.2. The third-order valence-corrected chi connectivity index (χ3v) is 5.61. The maximum atomic E-state index is 13.2. The molecule has 0 saturated carbocycles. The van der Waals surface area contributed by atoms with E-state index in [1.807, 2.05) is 46.8 Å². The highest BCUT2D eigenvalue weighted by molar-refractivity contribution is 5.98. The Kier molecular flexibility index (Phi) is 5.70. The Morgan fingerprint density at radius 3 is 2.77 bits per heavy atom. The summed E-state index contributed by atoms with van der Waals surface area (Å²) in [6.07, 6.45) is 1.84. The largest absolute Gasteiger partial charge is 0.340 e. The molecule has 156 valence electrons. The lowest BCUT2D eigenvalue weighted by molar-refractivity contribution is 0.0666. The minimum atomic E-state index is -0.400. The van der Waals surface area contributed by atoms with Gasteiger partial charge in [0.1, 0.15) is 11.5 Å². The van der Waals surface area contributed by atoms with Crippen molar-refractivity contribution in [3.63, 3.8) is 0 Å². The van der Waals surface area contributed by atoms with E-state index in [4.69, 9.17) is 0 Å². The molecule has 1 saturated heterocycles. The number of amides is 3. The van der Waals surface area contributed by atoms with Crippen molar-refractivity contribution in [3.8, 4) is 0 Å². The van der Waals surface area contributed by atoms with E-state index in [0.29, 0.717) is 31.0 Å². The van der Waals surface area contributed by atoms with Crippen LogP contribution in [0.3, 0.4) is 0 Å². The van der Waals surface area contributed by atoms with Gasteiger partial charge in [-0.25, -0.2) is 9.18 Å². The number of carbonyl (C=O) groups is 2. The number of para-hydroxylation sites is 1. The second-order valence-corrected chi connectivity index (χ2v) is 7.75. The summed E-state index contributed by atoms with van der Waals surface area (Å²) in [7, 11) is 1.91. The number of carbonyl (C=O) groups excluding carboxylic acids is 2. The Bertz CT molecular complexity index is 1080. The van der Waals surface area contributed by atoms with Gasteiger partial charge in [-0.15, -0.1) is 0 Å². The normalized spacial score (nSPS) is 16.5. The van der Waals surface area contributed by atoms with Gasteiger partial charge < -0.3 is 20.1 Å². The van der Waals surface area contributed by atoms with E-state index in [9.17, 15) is 14.0 Å². The summed E-state index contributed by atoms with van der Waals surface area (Å²) in [6.45, 7) is 1.77. The fraction of sp³-hybridized carbons (Fsp3) is 0.304.